The zero-order valence-electron chi connectivity index (χ0n) is 12.0. The van der Waals surface area contributed by atoms with Gasteiger partial charge in [0.15, 0.2) is 0 Å². The molecule has 0 saturated carbocycles. The highest BCUT2D eigenvalue weighted by Gasteiger charge is 2.43. The summed E-state index contributed by atoms with van der Waals surface area (Å²) in [5, 5.41) is 10.6. The quantitative estimate of drug-likeness (QED) is 0.533. The van der Waals surface area contributed by atoms with Crippen LogP contribution in [-0.4, -0.2) is 19.3 Å². The van der Waals surface area contributed by atoms with Crippen molar-refractivity contribution >= 4 is 8.07 Å². The summed E-state index contributed by atoms with van der Waals surface area (Å²) in [6.45, 7) is 17.7. The summed E-state index contributed by atoms with van der Waals surface area (Å²) < 4.78 is 0. The van der Waals surface area contributed by atoms with Crippen LogP contribution in [0, 0.1) is 0 Å². The van der Waals surface area contributed by atoms with E-state index in [2.05, 4.69) is 47.4 Å². The van der Waals surface area contributed by atoms with Crippen LogP contribution in [0.4, 0.5) is 0 Å². The Bertz CT molecular complexity index is 215. The SMILES string of the molecule is C=C[C@H]([C@@H](O)CCCC)[Si](C)(C)C(C)(C)C. The number of aliphatic hydroxyl groups excluding tert-OH is 1. The summed E-state index contributed by atoms with van der Waals surface area (Å²) in [7, 11) is -1.52. The van der Waals surface area contributed by atoms with Crippen LogP contribution in [-0.2, 0) is 0 Å². The van der Waals surface area contributed by atoms with E-state index in [0.717, 1.165) is 19.3 Å². The van der Waals surface area contributed by atoms with Crippen molar-refractivity contribution in [2.24, 2.45) is 0 Å². The first-order valence-electron chi connectivity index (χ1n) is 6.49. The molecule has 0 fully saturated rings. The van der Waals surface area contributed by atoms with Gasteiger partial charge in [-0.25, -0.2) is 0 Å². The van der Waals surface area contributed by atoms with Gasteiger partial charge in [-0.15, -0.1) is 6.58 Å². The molecule has 0 aromatic rings. The van der Waals surface area contributed by atoms with Crippen LogP contribution in [0.5, 0.6) is 0 Å². The normalized spacial score (nSPS) is 16.9. The molecule has 1 nitrogen and oxygen atoms in total. The molecule has 0 spiro atoms. The van der Waals surface area contributed by atoms with Crippen molar-refractivity contribution in [3.63, 3.8) is 0 Å². The van der Waals surface area contributed by atoms with Gasteiger partial charge in [0.25, 0.3) is 0 Å². The number of unbranched alkanes of at least 4 members (excludes halogenated alkanes) is 1. The monoisotopic (exact) mass is 242 g/mol. The highest BCUT2D eigenvalue weighted by atomic mass is 28.3. The fourth-order valence-corrected chi connectivity index (χ4v) is 4.74. The maximum absolute atomic E-state index is 10.3. The van der Waals surface area contributed by atoms with Crippen molar-refractivity contribution in [2.45, 2.75) is 76.7 Å². The van der Waals surface area contributed by atoms with E-state index in [4.69, 9.17) is 0 Å². The molecule has 0 bridgehead atoms. The number of aliphatic hydroxyl groups is 1. The second-order valence-corrected chi connectivity index (χ2v) is 12.1. The first-order valence-corrected chi connectivity index (χ1v) is 9.56. The van der Waals surface area contributed by atoms with Crippen molar-refractivity contribution < 1.29 is 5.11 Å². The van der Waals surface area contributed by atoms with E-state index in [1.54, 1.807) is 0 Å². The zero-order valence-corrected chi connectivity index (χ0v) is 13.0. The van der Waals surface area contributed by atoms with E-state index in [1.807, 2.05) is 6.08 Å². The maximum Gasteiger partial charge on any atom is 0.0629 e. The Hall–Kier alpha value is -0.0831. The van der Waals surface area contributed by atoms with Gasteiger partial charge in [-0.2, -0.15) is 0 Å². The molecule has 0 aromatic carbocycles. The molecule has 0 heterocycles. The molecule has 0 aliphatic heterocycles. The van der Waals surface area contributed by atoms with Gasteiger partial charge in [0, 0.05) is 0 Å². The summed E-state index contributed by atoms with van der Waals surface area (Å²) in [5.74, 6) is 0. The maximum atomic E-state index is 10.3. The van der Waals surface area contributed by atoms with E-state index in [-0.39, 0.29) is 6.10 Å². The number of hydrogen-bond donors (Lipinski definition) is 1. The van der Waals surface area contributed by atoms with Crippen molar-refractivity contribution in [1.82, 2.24) is 0 Å². The third-order valence-corrected chi connectivity index (χ3v) is 10.4. The van der Waals surface area contributed by atoms with E-state index < -0.39 is 8.07 Å². The highest BCUT2D eigenvalue weighted by Crippen LogP contribution is 2.45. The lowest BCUT2D eigenvalue weighted by Gasteiger charge is -2.44. The smallest absolute Gasteiger partial charge is 0.0629 e. The highest BCUT2D eigenvalue weighted by molar-refractivity contribution is 6.82. The first-order chi connectivity index (χ1) is 7.18. The van der Waals surface area contributed by atoms with Crippen LogP contribution in [0.2, 0.25) is 23.7 Å². The summed E-state index contributed by atoms with van der Waals surface area (Å²) in [4.78, 5) is 0. The first kappa shape index (κ1) is 15.9. The molecule has 0 saturated heterocycles. The zero-order chi connectivity index (χ0) is 13.0. The molecule has 0 rings (SSSR count). The molecule has 1 N–H and O–H groups in total. The number of hydrogen-bond acceptors (Lipinski definition) is 1. The van der Waals surface area contributed by atoms with Gasteiger partial charge in [-0.05, 0) is 17.0 Å². The molecular weight excluding hydrogens is 212 g/mol. The summed E-state index contributed by atoms with van der Waals surface area (Å²) in [6.07, 6.45) is 4.98. The molecule has 16 heavy (non-hydrogen) atoms. The Kier molecular flexibility index (Phi) is 5.98. The second-order valence-electron chi connectivity index (χ2n) is 6.44. The van der Waals surface area contributed by atoms with Gasteiger partial charge in [0.1, 0.15) is 0 Å². The van der Waals surface area contributed by atoms with Gasteiger partial charge in [-0.3, -0.25) is 0 Å². The Morgan fingerprint density at radius 1 is 1.31 bits per heavy atom. The third kappa shape index (κ3) is 3.74. The van der Waals surface area contributed by atoms with E-state index in [9.17, 15) is 5.11 Å². The van der Waals surface area contributed by atoms with Crippen molar-refractivity contribution in [1.29, 1.82) is 0 Å². The molecule has 0 aliphatic carbocycles. The standard InChI is InChI=1S/C14H30OSi/c1-8-10-11-12(15)13(9-2)16(6,7)14(3,4)5/h9,12-13,15H,2,8,10-11H2,1,3-7H3/t12-,13+/m0/s1. The van der Waals surface area contributed by atoms with Gasteiger partial charge in [0.05, 0.1) is 14.2 Å². The largest absolute Gasteiger partial charge is 0.393 e. The molecule has 0 aliphatic rings. The lowest BCUT2D eigenvalue weighted by atomic mass is 10.1. The van der Waals surface area contributed by atoms with Crippen LogP contribution < -0.4 is 0 Å². The fourth-order valence-electron chi connectivity index (χ4n) is 2.03. The number of rotatable bonds is 6. The van der Waals surface area contributed by atoms with Gasteiger partial charge in [-0.1, -0.05) is 59.7 Å². The molecule has 96 valence electrons. The van der Waals surface area contributed by atoms with Gasteiger partial charge >= 0.3 is 0 Å². The molecular formula is C14H30OSi. The average molecular weight is 242 g/mol. The average Bonchev–Trinajstić information content (AvgIpc) is 2.13. The minimum absolute atomic E-state index is 0.196. The Labute approximate surface area is 103 Å². The predicted molar refractivity (Wildman–Crippen MR) is 76.7 cm³/mol. The van der Waals surface area contributed by atoms with E-state index in [0.29, 0.717) is 10.6 Å². The Morgan fingerprint density at radius 3 is 2.12 bits per heavy atom. The van der Waals surface area contributed by atoms with Gasteiger partial charge in [0.2, 0.25) is 0 Å². The minimum Gasteiger partial charge on any atom is -0.393 e. The van der Waals surface area contributed by atoms with E-state index >= 15 is 0 Å². The predicted octanol–water partition coefficient (Wildman–Crippen LogP) is 4.60. The molecule has 0 aromatic heterocycles. The minimum atomic E-state index is -1.52. The molecule has 0 amide bonds. The summed E-state index contributed by atoms with van der Waals surface area (Å²) >= 11 is 0. The van der Waals surface area contributed by atoms with Crippen molar-refractivity contribution in [3.05, 3.63) is 12.7 Å². The van der Waals surface area contributed by atoms with E-state index in [1.165, 1.54) is 0 Å². The second kappa shape index (κ2) is 6.01. The van der Waals surface area contributed by atoms with Crippen LogP contribution in [0.15, 0.2) is 12.7 Å². The summed E-state index contributed by atoms with van der Waals surface area (Å²) in [6, 6.07) is 0. The molecule has 2 atom stereocenters. The van der Waals surface area contributed by atoms with Crippen molar-refractivity contribution in [2.75, 3.05) is 0 Å². The third-order valence-electron chi connectivity index (χ3n) is 4.29. The lowest BCUT2D eigenvalue weighted by Crippen LogP contribution is -2.45. The fraction of sp³-hybridized carbons (Fsp3) is 0.857. The lowest BCUT2D eigenvalue weighted by molar-refractivity contribution is 0.161. The van der Waals surface area contributed by atoms with Crippen LogP contribution in [0.3, 0.4) is 0 Å². The van der Waals surface area contributed by atoms with Crippen LogP contribution in [0.1, 0.15) is 47.0 Å². The molecule has 2 heteroatoms. The summed E-state index contributed by atoms with van der Waals surface area (Å²) in [5.41, 5.74) is 0.305. The Balaban J connectivity index is 4.78. The topological polar surface area (TPSA) is 20.2 Å². The van der Waals surface area contributed by atoms with Crippen LogP contribution in [0.25, 0.3) is 0 Å². The van der Waals surface area contributed by atoms with Crippen LogP contribution >= 0.6 is 0 Å². The van der Waals surface area contributed by atoms with Crippen molar-refractivity contribution in [3.8, 4) is 0 Å². The Morgan fingerprint density at radius 2 is 1.81 bits per heavy atom. The molecule has 0 radical (unpaired) electrons. The molecule has 0 unspecified atom stereocenters. The van der Waals surface area contributed by atoms with Gasteiger partial charge < -0.3 is 5.11 Å².